The monoisotopic (exact) mass is 556 g/mol. The van der Waals surface area contributed by atoms with E-state index >= 15 is 0 Å². The van der Waals surface area contributed by atoms with Gasteiger partial charge in [-0.1, -0.05) is 50.6 Å². The highest BCUT2D eigenvalue weighted by Crippen LogP contribution is 2.49. The van der Waals surface area contributed by atoms with Crippen LogP contribution in [0.4, 0.5) is 5.82 Å². The van der Waals surface area contributed by atoms with E-state index in [0.29, 0.717) is 29.7 Å². The summed E-state index contributed by atoms with van der Waals surface area (Å²) in [6.45, 7) is 6.88. The highest BCUT2D eigenvalue weighted by Gasteiger charge is 2.40. The van der Waals surface area contributed by atoms with Crippen molar-refractivity contribution in [3.63, 3.8) is 0 Å². The number of methoxy groups -OCH3 is 2. The third-order valence-corrected chi connectivity index (χ3v) is 7.81. The van der Waals surface area contributed by atoms with Crippen LogP contribution in [0.2, 0.25) is 5.02 Å². The van der Waals surface area contributed by atoms with E-state index in [1.54, 1.807) is 23.8 Å². The number of anilines is 1. The fraction of sp³-hybridized carbons (Fsp3) is 0.393. The van der Waals surface area contributed by atoms with Crippen molar-refractivity contribution in [3.8, 4) is 11.4 Å². The lowest BCUT2D eigenvalue weighted by molar-refractivity contribution is -0.123. The van der Waals surface area contributed by atoms with Gasteiger partial charge in [0.05, 0.1) is 36.1 Å². The van der Waals surface area contributed by atoms with Gasteiger partial charge in [-0.15, -0.1) is 11.8 Å². The minimum atomic E-state index is -0.359. The first-order valence-electron chi connectivity index (χ1n) is 12.4. The number of amides is 2. The highest BCUT2D eigenvalue weighted by molar-refractivity contribution is 8.00. The molecule has 1 N–H and O–H groups in total. The molecule has 0 spiro atoms. The fourth-order valence-corrected chi connectivity index (χ4v) is 5.95. The molecule has 10 heteroatoms. The Bertz CT molecular complexity index is 1300. The van der Waals surface area contributed by atoms with Crippen molar-refractivity contribution in [2.75, 3.05) is 44.6 Å². The number of carbonyl (C=O) groups excluding carboxylic acids is 2. The number of halogens is 1. The maximum absolute atomic E-state index is 13.7. The van der Waals surface area contributed by atoms with Crippen LogP contribution in [-0.4, -0.2) is 61.3 Å². The molecule has 0 radical (unpaired) electrons. The van der Waals surface area contributed by atoms with E-state index < -0.39 is 0 Å². The molecule has 38 heavy (non-hydrogen) atoms. The van der Waals surface area contributed by atoms with Gasteiger partial charge in [-0.2, -0.15) is 5.10 Å². The summed E-state index contributed by atoms with van der Waals surface area (Å²) in [5.41, 5.74) is 3.00. The van der Waals surface area contributed by atoms with Gasteiger partial charge in [0.25, 0.3) is 0 Å². The second-order valence-electron chi connectivity index (χ2n) is 9.98. The fourth-order valence-electron chi connectivity index (χ4n) is 4.40. The van der Waals surface area contributed by atoms with Crippen molar-refractivity contribution in [2.45, 2.75) is 31.4 Å². The molecule has 0 aliphatic carbocycles. The number of nitrogens with zero attached hydrogens (tertiary/aromatic N) is 3. The van der Waals surface area contributed by atoms with E-state index in [9.17, 15) is 9.59 Å². The van der Waals surface area contributed by atoms with Crippen LogP contribution in [0.15, 0.2) is 48.5 Å². The standard InChI is InChI=1S/C28H33ClN4O4S/c1-28(2,3)26-24-25(20-8-6-7-9-21(20)29)38-17-23(35)32(16-22(34)30-14-15-36-4)27(24)33(31-26)18-10-12-19(37-5)13-11-18/h6-13,25H,14-17H2,1-5H3,(H,30,34)/t25-/m0/s1. The minimum absolute atomic E-state index is 0.142. The molecular formula is C28H33ClN4O4S. The van der Waals surface area contributed by atoms with Gasteiger partial charge in [-0.25, -0.2) is 4.68 Å². The topological polar surface area (TPSA) is 85.7 Å². The number of carbonyl (C=O) groups is 2. The first kappa shape index (κ1) is 28.0. The van der Waals surface area contributed by atoms with Crippen LogP contribution < -0.4 is 15.0 Å². The Balaban J connectivity index is 1.96. The van der Waals surface area contributed by atoms with Crippen molar-refractivity contribution in [3.05, 3.63) is 70.4 Å². The summed E-state index contributed by atoms with van der Waals surface area (Å²) >= 11 is 8.20. The van der Waals surface area contributed by atoms with Gasteiger partial charge >= 0.3 is 0 Å². The van der Waals surface area contributed by atoms with Crippen LogP contribution in [0.5, 0.6) is 5.75 Å². The summed E-state index contributed by atoms with van der Waals surface area (Å²) in [5, 5.41) is 8.27. The van der Waals surface area contributed by atoms with E-state index in [2.05, 4.69) is 26.1 Å². The molecule has 4 rings (SSSR count). The Labute approximate surface area is 232 Å². The lowest BCUT2D eigenvalue weighted by Gasteiger charge is -2.25. The summed E-state index contributed by atoms with van der Waals surface area (Å²) < 4.78 is 12.2. The smallest absolute Gasteiger partial charge is 0.240 e. The molecule has 0 fully saturated rings. The van der Waals surface area contributed by atoms with E-state index in [1.165, 1.54) is 11.8 Å². The number of aromatic nitrogens is 2. The Morgan fingerprint density at radius 3 is 2.50 bits per heavy atom. The molecule has 0 bridgehead atoms. The van der Waals surface area contributed by atoms with Gasteiger partial charge in [-0.05, 0) is 35.9 Å². The molecule has 1 aliphatic heterocycles. The lowest BCUT2D eigenvalue weighted by Crippen LogP contribution is -2.43. The van der Waals surface area contributed by atoms with Gasteiger partial charge in [0.15, 0.2) is 0 Å². The molecule has 2 heterocycles. The average molecular weight is 557 g/mol. The molecular weight excluding hydrogens is 524 g/mol. The van der Waals surface area contributed by atoms with E-state index in [4.69, 9.17) is 26.2 Å². The van der Waals surface area contributed by atoms with Crippen LogP contribution in [-0.2, 0) is 19.7 Å². The van der Waals surface area contributed by atoms with Crippen LogP contribution in [0.1, 0.15) is 42.8 Å². The second-order valence-corrected chi connectivity index (χ2v) is 11.5. The Hall–Kier alpha value is -3.01. The molecule has 1 atom stereocenters. The Morgan fingerprint density at radius 1 is 1.16 bits per heavy atom. The molecule has 0 saturated carbocycles. The molecule has 202 valence electrons. The summed E-state index contributed by atoms with van der Waals surface area (Å²) in [7, 11) is 3.19. The van der Waals surface area contributed by atoms with Gasteiger partial charge in [0, 0.05) is 29.7 Å². The zero-order valence-electron chi connectivity index (χ0n) is 22.3. The molecule has 2 amide bonds. The van der Waals surface area contributed by atoms with Crippen LogP contribution >= 0.6 is 23.4 Å². The van der Waals surface area contributed by atoms with Gasteiger partial charge in [0.2, 0.25) is 11.8 Å². The van der Waals surface area contributed by atoms with E-state index in [1.807, 2.05) is 48.5 Å². The number of ether oxygens (including phenoxy) is 2. The molecule has 8 nitrogen and oxygen atoms in total. The molecule has 0 saturated heterocycles. The molecule has 0 unspecified atom stereocenters. The lowest BCUT2D eigenvalue weighted by atomic mass is 9.87. The number of nitrogens with one attached hydrogen (secondary N) is 1. The van der Waals surface area contributed by atoms with Gasteiger partial charge in [-0.3, -0.25) is 14.5 Å². The van der Waals surface area contributed by atoms with Gasteiger partial charge in [0.1, 0.15) is 18.1 Å². The Kier molecular flexibility index (Phi) is 8.70. The Morgan fingerprint density at radius 2 is 1.87 bits per heavy atom. The predicted octanol–water partition coefficient (Wildman–Crippen LogP) is 4.76. The summed E-state index contributed by atoms with van der Waals surface area (Å²) in [6.07, 6.45) is 0. The zero-order valence-corrected chi connectivity index (χ0v) is 23.9. The van der Waals surface area contributed by atoms with E-state index in [-0.39, 0.29) is 34.8 Å². The molecule has 3 aromatic rings. The van der Waals surface area contributed by atoms with Crippen LogP contribution in [0.25, 0.3) is 5.69 Å². The maximum Gasteiger partial charge on any atom is 0.240 e. The third kappa shape index (κ3) is 5.85. The number of rotatable bonds is 8. The number of hydrogen-bond donors (Lipinski definition) is 1. The number of fused-ring (bicyclic) bond motifs is 1. The maximum atomic E-state index is 13.7. The zero-order chi connectivity index (χ0) is 27.4. The molecule has 1 aliphatic rings. The number of thioether (sulfide) groups is 1. The number of hydrogen-bond acceptors (Lipinski definition) is 6. The van der Waals surface area contributed by atoms with E-state index in [0.717, 1.165) is 22.5 Å². The SMILES string of the molecule is COCCNC(=O)CN1C(=O)CS[C@@H](c2ccccc2Cl)c2c(C(C)(C)C)nn(-c3ccc(OC)cc3)c21. The summed E-state index contributed by atoms with van der Waals surface area (Å²) in [5.74, 6) is 1.01. The normalized spacial score (nSPS) is 15.7. The predicted molar refractivity (Wildman–Crippen MR) is 152 cm³/mol. The van der Waals surface area contributed by atoms with Crippen molar-refractivity contribution < 1.29 is 19.1 Å². The first-order chi connectivity index (χ1) is 18.2. The van der Waals surface area contributed by atoms with Crippen molar-refractivity contribution in [1.82, 2.24) is 15.1 Å². The van der Waals surface area contributed by atoms with Crippen molar-refractivity contribution in [2.24, 2.45) is 0 Å². The molecule has 1 aromatic heterocycles. The van der Waals surface area contributed by atoms with Crippen LogP contribution in [0.3, 0.4) is 0 Å². The largest absolute Gasteiger partial charge is 0.497 e. The number of benzene rings is 2. The minimum Gasteiger partial charge on any atom is -0.497 e. The second kappa shape index (κ2) is 11.8. The van der Waals surface area contributed by atoms with Gasteiger partial charge < -0.3 is 14.8 Å². The summed E-state index contributed by atoms with van der Waals surface area (Å²) in [6, 6.07) is 15.2. The van der Waals surface area contributed by atoms with Crippen LogP contribution in [0, 0.1) is 0 Å². The molecule has 2 aromatic carbocycles. The average Bonchev–Trinajstić information content (AvgIpc) is 3.23. The van der Waals surface area contributed by atoms with Crippen molar-refractivity contribution in [1.29, 1.82) is 0 Å². The third-order valence-electron chi connectivity index (χ3n) is 6.23. The van der Waals surface area contributed by atoms with Crippen molar-refractivity contribution >= 4 is 41.0 Å². The quantitative estimate of drug-likeness (QED) is 0.403. The summed E-state index contributed by atoms with van der Waals surface area (Å²) in [4.78, 5) is 28.2. The first-order valence-corrected chi connectivity index (χ1v) is 13.8. The highest BCUT2D eigenvalue weighted by atomic mass is 35.5.